The predicted octanol–water partition coefficient (Wildman–Crippen LogP) is -0.218. The summed E-state index contributed by atoms with van der Waals surface area (Å²) in [4.78, 5) is 67.7. The van der Waals surface area contributed by atoms with Crippen molar-refractivity contribution in [2.24, 2.45) is 0 Å². The molecule has 0 spiro atoms. The van der Waals surface area contributed by atoms with Crippen LogP contribution in [0.15, 0.2) is 24.3 Å². The molecule has 0 aliphatic carbocycles. The molecule has 0 saturated carbocycles. The van der Waals surface area contributed by atoms with E-state index in [1.165, 1.54) is 24.3 Å². The molecule has 0 radical (unpaired) electrons. The minimum atomic E-state index is -1.41. The summed E-state index contributed by atoms with van der Waals surface area (Å²) in [5, 5.41) is 39.7. The highest BCUT2D eigenvalue weighted by Gasteiger charge is 2.23. The van der Waals surface area contributed by atoms with Gasteiger partial charge in [-0.2, -0.15) is 0 Å². The van der Waals surface area contributed by atoms with Crippen LogP contribution in [-0.2, 0) is 19.2 Å². The van der Waals surface area contributed by atoms with Gasteiger partial charge in [0, 0.05) is 24.0 Å². The van der Waals surface area contributed by atoms with Crippen molar-refractivity contribution >= 4 is 35.7 Å². The van der Waals surface area contributed by atoms with E-state index in [4.69, 9.17) is 20.4 Å². The Labute approximate surface area is 169 Å². The van der Waals surface area contributed by atoms with Gasteiger partial charge in [0.1, 0.15) is 12.1 Å². The molecule has 0 aliphatic rings. The summed E-state index contributed by atoms with van der Waals surface area (Å²) in [7, 11) is 0. The second kappa shape index (κ2) is 11.1. The number of nitrogens with one attached hydrogen (secondary N) is 2. The summed E-state index contributed by atoms with van der Waals surface area (Å²) in [6, 6.07) is 1.98. The monoisotopic (exact) mass is 424 g/mol. The number of hydrogen-bond acceptors (Lipinski definition) is 6. The fourth-order valence-corrected chi connectivity index (χ4v) is 2.31. The molecule has 1 rings (SSSR count). The number of hydrogen-bond donors (Lipinski definition) is 6. The van der Waals surface area contributed by atoms with Crippen molar-refractivity contribution < 1.29 is 49.2 Å². The smallest absolute Gasteiger partial charge is 0.326 e. The molecule has 1 aromatic carbocycles. The highest BCUT2D eigenvalue weighted by atomic mass is 16.4. The third kappa shape index (κ3) is 7.96. The summed E-state index contributed by atoms with van der Waals surface area (Å²) in [5.74, 6) is -6.83. The Balaban J connectivity index is 2.78. The highest BCUT2D eigenvalue weighted by molar-refractivity contribution is 6.00. The van der Waals surface area contributed by atoms with Gasteiger partial charge in [-0.1, -0.05) is 0 Å². The number of carboxylic acids is 4. The Hall–Kier alpha value is -3.96. The maximum atomic E-state index is 12.1. The van der Waals surface area contributed by atoms with Crippen LogP contribution in [0.2, 0.25) is 0 Å². The van der Waals surface area contributed by atoms with Gasteiger partial charge in [-0.15, -0.1) is 0 Å². The van der Waals surface area contributed by atoms with Gasteiger partial charge < -0.3 is 31.1 Å². The van der Waals surface area contributed by atoms with Gasteiger partial charge in [0.05, 0.1) is 0 Å². The largest absolute Gasteiger partial charge is 0.481 e. The van der Waals surface area contributed by atoms with Crippen LogP contribution < -0.4 is 10.6 Å². The van der Waals surface area contributed by atoms with Crippen LogP contribution in [-0.4, -0.2) is 68.2 Å². The molecule has 30 heavy (non-hydrogen) atoms. The van der Waals surface area contributed by atoms with Gasteiger partial charge in [0.15, 0.2) is 0 Å². The van der Waals surface area contributed by atoms with Crippen LogP contribution in [0, 0.1) is 0 Å². The summed E-state index contributed by atoms with van der Waals surface area (Å²) in [6.07, 6.45) is -1.54. The van der Waals surface area contributed by atoms with Gasteiger partial charge in [0.25, 0.3) is 11.8 Å². The second-order valence-electron chi connectivity index (χ2n) is 6.17. The van der Waals surface area contributed by atoms with Crippen molar-refractivity contribution in [3.63, 3.8) is 0 Å². The maximum absolute atomic E-state index is 12.1. The Kier molecular flexibility index (Phi) is 8.94. The molecule has 162 valence electrons. The van der Waals surface area contributed by atoms with Crippen LogP contribution in [0.25, 0.3) is 0 Å². The fraction of sp³-hybridized carbons (Fsp3) is 0.333. The van der Waals surface area contributed by atoms with Gasteiger partial charge in [-0.3, -0.25) is 19.2 Å². The Morgan fingerprint density at radius 1 is 0.633 bits per heavy atom. The Bertz CT molecular complexity index is 765. The van der Waals surface area contributed by atoms with Crippen molar-refractivity contribution in [3.8, 4) is 0 Å². The van der Waals surface area contributed by atoms with Crippen molar-refractivity contribution in [3.05, 3.63) is 35.4 Å². The number of carboxylic acid groups (broad SMARTS) is 4. The van der Waals surface area contributed by atoms with Gasteiger partial charge in [0.2, 0.25) is 0 Å². The van der Waals surface area contributed by atoms with Crippen LogP contribution in [0.1, 0.15) is 46.4 Å². The van der Waals surface area contributed by atoms with Crippen molar-refractivity contribution in [2.45, 2.75) is 37.8 Å². The van der Waals surface area contributed by atoms with E-state index in [0.717, 1.165) is 0 Å². The molecule has 0 heterocycles. The summed E-state index contributed by atoms with van der Waals surface area (Å²) in [5.41, 5.74) is -0.0115. The minimum absolute atomic E-state index is 0.00575. The number of aliphatic carboxylic acids is 4. The minimum Gasteiger partial charge on any atom is -0.481 e. The van der Waals surface area contributed by atoms with Gasteiger partial charge in [-0.25, -0.2) is 9.59 Å². The standard InChI is InChI=1S/C18H20N2O10/c21-13(22)7-5-11(17(27)28)19-15(25)9-1-2-10(4-3-9)16(26)20-12(18(29)30)6-8-14(23)24/h1-4,11-12H,5-8H2,(H,19,25)(H,20,26)(H,21,22)(H,23,24)(H,27,28)(H,29,30)/t11-,12+. The number of carbonyl (C=O) groups is 6. The molecular weight excluding hydrogens is 404 g/mol. The molecule has 6 N–H and O–H groups in total. The summed E-state index contributed by atoms with van der Waals surface area (Å²) in [6.45, 7) is 0. The first-order valence-electron chi connectivity index (χ1n) is 8.62. The van der Waals surface area contributed by atoms with Crippen molar-refractivity contribution in [2.75, 3.05) is 0 Å². The highest BCUT2D eigenvalue weighted by Crippen LogP contribution is 2.08. The molecular formula is C18H20N2O10. The average molecular weight is 424 g/mol. The molecule has 0 aliphatic heterocycles. The number of carbonyl (C=O) groups excluding carboxylic acids is 2. The van der Waals surface area contributed by atoms with E-state index >= 15 is 0 Å². The quantitative estimate of drug-likeness (QED) is 0.260. The molecule has 12 heteroatoms. The molecule has 0 saturated heterocycles. The molecule has 0 unspecified atom stereocenters. The topological polar surface area (TPSA) is 207 Å². The first-order chi connectivity index (χ1) is 14.0. The lowest BCUT2D eigenvalue weighted by atomic mass is 10.1. The van der Waals surface area contributed by atoms with Gasteiger partial charge in [-0.05, 0) is 37.1 Å². The molecule has 2 amide bonds. The van der Waals surface area contributed by atoms with Crippen LogP contribution in [0.4, 0.5) is 0 Å². The predicted molar refractivity (Wildman–Crippen MR) is 98.0 cm³/mol. The fourth-order valence-electron chi connectivity index (χ4n) is 2.31. The van der Waals surface area contributed by atoms with E-state index < -0.39 is 60.6 Å². The van der Waals surface area contributed by atoms with Crippen LogP contribution in [0.5, 0.6) is 0 Å². The van der Waals surface area contributed by atoms with E-state index in [1.807, 2.05) is 0 Å². The van der Waals surface area contributed by atoms with Gasteiger partial charge >= 0.3 is 23.9 Å². The number of rotatable bonds is 12. The molecule has 0 aromatic heterocycles. The lowest BCUT2D eigenvalue weighted by molar-refractivity contribution is -0.142. The van der Waals surface area contributed by atoms with Crippen molar-refractivity contribution in [1.82, 2.24) is 10.6 Å². The van der Waals surface area contributed by atoms with Crippen LogP contribution in [0.3, 0.4) is 0 Å². The molecule has 12 nitrogen and oxygen atoms in total. The zero-order valence-electron chi connectivity index (χ0n) is 15.5. The molecule has 1 aromatic rings. The third-order valence-corrected chi connectivity index (χ3v) is 3.91. The Morgan fingerprint density at radius 3 is 1.17 bits per heavy atom. The van der Waals surface area contributed by atoms with E-state index in [-0.39, 0.29) is 24.0 Å². The van der Waals surface area contributed by atoms with Crippen molar-refractivity contribution in [1.29, 1.82) is 0 Å². The molecule has 0 fully saturated rings. The van der Waals surface area contributed by atoms with E-state index in [1.54, 1.807) is 0 Å². The maximum Gasteiger partial charge on any atom is 0.326 e. The van der Waals surface area contributed by atoms with E-state index in [0.29, 0.717) is 0 Å². The molecule has 0 bridgehead atoms. The van der Waals surface area contributed by atoms with Crippen LogP contribution >= 0.6 is 0 Å². The lowest BCUT2D eigenvalue weighted by Gasteiger charge is -2.15. The zero-order valence-corrected chi connectivity index (χ0v) is 15.5. The lowest BCUT2D eigenvalue weighted by Crippen LogP contribution is -2.41. The first-order valence-corrected chi connectivity index (χ1v) is 8.62. The summed E-state index contributed by atoms with van der Waals surface area (Å²) >= 11 is 0. The zero-order chi connectivity index (χ0) is 22.8. The Morgan fingerprint density at radius 2 is 0.933 bits per heavy atom. The third-order valence-electron chi connectivity index (χ3n) is 3.91. The SMILES string of the molecule is O=C(O)CC[C@H](NC(=O)c1ccc(C(=O)N[C@H](CCC(=O)O)C(=O)O)cc1)C(=O)O. The second-order valence-corrected chi connectivity index (χ2v) is 6.17. The normalized spacial score (nSPS) is 12.3. The number of amides is 2. The van der Waals surface area contributed by atoms with E-state index in [2.05, 4.69) is 10.6 Å². The number of benzene rings is 1. The van der Waals surface area contributed by atoms with E-state index in [9.17, 15) is 28.8 Å². The summed E-state index contributed by atoms with van der Waals surface area (Å²) < 4.78 is 0. The average Bonchev–Trinajstić information content (AvgIpc) is 2.67. The molecule has 2 atom stereocenters. The first kappa shape index (κ1) is 24.1.